The van der Waals surface area contributed by atoms with Crippen LogP contribution in [0.1, 0.15) is 24.8 Å². The number of carbonyl (C=O) groups is 2. The average Bonchev–Trinajstić information content (AvgIpc) is 3.09. The molecule has 2 aliphatic rings. The summed E-state index contributed by atoms with van der Waals surface area (Å²) < 4.78 is 18.9. The number of rotatable bonds is 4. The van der Waals surface area contributed by atoms with Gasteiger partial charge < -0.3 is 15.0 Å². The van der Waals surface area contributed by atoms with Gasteiger partial charge in [-0.3, -0.25) is 9.59 Å². The van der Waals surface area contributed by atoms with E-state index in [-0.39, 0.29) is 17.6 Å². The molecule has 152 valence electrons. The number of nitrogens with one attached hydrogen (secondary N) is 1. The van der Waals surface area contributed by atoms with Gasteiger partial charge in [-0.25, -0.2) is 4.39 Å². The lowest BCUT2D eigenvalue weighted by Crippen LogP contribution is -2.52. The maximum atomic E-state index is 13.4. The third-order valence-corrected chi connectivity index (χ3v) is 6.15. The molecule has 0 radical (unpaired) electrons. The lowest BCUT2D eigenvalue weighted by molar-refractivity contribution is -0.133. The Balaban J connectivity index is 1.55. The second kappa shape index (κ2) is 8.13. The fraction of sp³-hybridized carbons (Fsp3) is 0.364. The number of nitrogens with zero attached hydrogens (tertiary/aromatic N) is 1. The van der Waals surface area contributed by atoms with Crippen LogP contribution < -0.4 is 10.2 Å². The van der Waals surface area contributed by atoms with Gasteiger partial charge in [0.2, 0.25) is 11.8 Å². The summed E-state index contributed by atoms with van der Waals surface area (Å²) in [6.45, 7) is 1.37. The van der Waals surface area contributed by atoms with E-state index < -0.39 is 11.5 Å². The molecule has 2 aromatic carbocycles. The molecule has 2 aromatic rings. The maximum absolute atomic E-state index is 13.4. The Kier molecular flexibility index (Phi) is 5.56. The first-order chi connectivity index (χ1) is 14.0. The van der Waals surface area contributed by atoms with Crippen molar-refractivity contribution in [2.45, 2.75) is 30.7 Å². The number of halogens is 2. The van der Waals surface area contributed by atoms with Gasteiger partial charge >= 0.3 is 0 Å². The third-order valence-electron chi connectivity index (χ3n) is 5.83. The summed E-state index contributed by atoms with van der Waals surface area (Å²) in [4.78, 5) is 27.9. The average molecular weight is 417 g/mol. The molecule has 0 aromatic heterocycles. The number of ether oxygens (including phenoxy) is 1. The molecule has 2 amide bonds. The first-order valence-corrected chi connectivity index (χ1v) is 10.1. The highest BCUT2D eigenvalue weighted by Gasteiger charge is 2.44. The molecule has 4 rings (SSSR count). The van der Waals surface area contributed by atoms with Gasteiger partial charge in [0.1, 0.15) is 11.9 Å². The number of hydrogen-bond acceptors (Lipinski definition) is 3. The fourth-order valence-electron chi connectivity index (χ4n) is 4.16. The van der Waals surface area contributed by atoms with Crippen LogP contribution >= 0.6 is 11.6 Å². The van der Waals surface area contributed by atoms with Crippen LogP contribution in [0.15, 0.2) is 48.5 Å². The van der Waals surface area contributed by atoms with Gasteiger partial charge in [-0.05, 0) is 49.1 Å². The Labute approximate surface area is 173 Å². The highest BCUT2D eigenvalue weighted by Crippen LogP contribution is 2.36. The summed E-state index contributed by atoms with van der Waals surface area (Å²) in [6.07, 6.45) is 1.48. The van der Waals surface area contributed by atoms with Crippen molar-refractivity contribution in [1.29, 1.82) is 0 Å². The van der Waals surface area contributed by atoms with Crippen LogP contribution in [-0.4, -0.2) is 37.6 Å². The van der Waals surface area contributed by atoms with E-state index in [9.17, 15) is 14.0 Å². The molecule has 29 heavy (non-hydrogen) atoms. The van der Waals surface area contributed by atoms with Gasteiger partial charge in [-0.2, -0.15) is 0 Å². The zero-order chi connectivity index (χ0) is 20.4. The minimum absolute atomic E-state index is 0.173. The molecule has 1 atom stereocenters. The van der Waals surface area contributed by atoms with Crippen LogP contribution in [0.25, 0.3) is 0 Å². The molecule has 0 bridgehead atoms. The molecule has 2 heterocycles. The fourth-order valence-corrected chi connectivity index (χ4v) is 4.39. The molecule has 1 N–H and O–H groups in total. The zero-order valence-corrected chi connectivity index (χ0v) is 16.6. The molecule has 7 heteroatoms. The Hall–Kier alpha value is -2.44. The van der Waals surface area contributed by atoms with Crippen LogP contribution in [0.5, 0.6) is 0 Å². The van der Waals surface area contributed by atoms with E-state index in [1.54, 1.807) is 29.2 Å². The molecule has 0 saturated carbocycles. The molecule has 0 aliphatic carbocycles. The van der Waals surface area contributed by atoms with E-state index in [1.165, 1.54) is 12.1 Å². The Morgan fingerprint density at radius 2 is 1.83 bits per heavy atom. The molecule has 2 aliphatic heterocycles. The number of amides is 2. The topological polar surface area (TPSA) is 58.6 Å². The summed E-state index contributed by atoms with van der Waals surface area (Å²) in [6, 6.07) is 12.6. The van der Waals surface area contributed by atoms with Crippen molar-refractivity contribution in [3.05, 3.63) is 64.9 Å². The minimum atomic E-state index is -0.829. The molecule has 5 nitrogen and oxygen atoms in total. The highest BCUT2D eigenvalue weighted by molar-refractivity contribution is 6.34. The summed E-state index contributed by atoms with van der Waals surface area (Å²) in [5, 5.41) is 3.45. The largest absolute Gasteiger partial charge is 0.381 e. The highest BCUT2D eigenvalue weighted by atomic mass is 35.5. The smallest absolute Gasteiger partial charge is 0.249 e. The van der Waals surface area contributed by atoms with Crippen molar-refractivity contribution in [3.63, 3.8) is 0 Å². The van der Waals surface area contributed by atoms with E-state index in [2.05, 4.69) is 5.32 Å². The first-order valence-electron chi connectivity index (χ1n) is 9.72. The molecular formula is C22H22ClFN2O3. The van der Waals surface area contributed by atoms with Crippen LogP contribution in [0, 0.1) is 5.82 Å². The maximum Gasteiger partial charge on any atom is 0.249 e. The van der Waals surface area contributed by atoms with Crippen molar-refractivity contribution in [3.8, 4) is 0 Å². The number of carbonyl (C=O) groups excluding carboxylic acids is 2. The molecule has 2 saturated heterocycles. The van der Waals surface area contributed by atoms with Gasteiger partial charge in [0.15, 0.2) is 0 Å². The monoisotopic (exact) mass is 416 g/mol. The molecular weight excluding hydrogens is 395 g/mol. The Bertz CT molecular complexity index is 913. The van der Waals surface area contributed by atoms with Gasteiger partial charge in [0.25, 0.3) is 0 Å². The lowest BCUT2D eigenvalue weighted by atomic mass is 9.73. The third kappa shape index (κ3) is 3.74. The van der Waals surface area contributed by atoms with Crippen molar-refractivity contribution >= 4 is 29.1 Å². The number of para-hydroxylation sites is 1. The lowest BCUT2D eigenvalue weighted by Gasteiger charge is -2.37. The van der Waals surface area contributed by atoms with Crippen molar-refractivity contribution < 1.29 is 18.7 Å². The summed E-state index contributed by atoms with van der Waals surface area (Å²) in [5.41, 5.74) is 0.563. The number of hydrogen-bond donors (Lipinski definition) is 1. The van der Waals surface area contributed by atoms with Gasteiger partial charge in [-0.1, -0.05) is 35.9 Å². The van der Waals surface area contributed by atoms with Gasteiger partial charge in [-0.15, -0.1) is 0 Å². The Morgan fingerprint density at radius 1 is 1.14 bits per heavy atom. The standard InChI is InChI=1S/C22H22ClFN2O3/c23-17-3-1-2-4-19(17)26-12-9-18(20(26)27)25-21(28)22(10-13-29-14-11-22)15-5-7-16(24)8-6-15/h1-8,18H,9-14H2,(H,25,28). The van der Waals surface area contributed by atoms with E-state index in [1.807, 2.05) is 12.1 Å². The van der Waals surface area contributed by atoms with Crippen molar-refractivity contribution in [2.75, 3.05) is 24.7 Å². The normalized spacial score (nSPS) is 21.2. The molecule has 1 unspecified atom stereocenters. The second-order valence-corrected chi connectivity index (χ2v) is 7.86. The first kappa shape index (κ1) is 19.9. The SMILES string of the molecule is O=C1C(NC(=O)C2(c3ccc(F)cc3)CCOCC2)CCN1c1ccccc1Cl. The second-order valence-electron chi connectivity index (χ2n) is 7.46. The zero-order valence-electron chi connectivity index (χ0n) is 15.9. The van der Waals surface area contributed by atoms with E-state index in [4.69, 9.17) is 16.3 Å². The van der Waals surface area contributed by atoms with Crippen LogP contribution in [0.4, 0.5) is 10.1 Å². The number of anilines is 1. The predicted octanol–water partition coefficient (Wildman–Crippen LogP) is 3.45. The summed E-state index contributed by atoms with van der Waals surface area (Å²) >= 11 is 6.23. The molecule has 0 spiro atoms. The summed E-state index contributed by atoms with van der Waals surface area (Å²) in [5.74, 6) is -0.739. The Morgan fingerprint density at radius 3 is 2.52 bits per heavy atom. The van der Waals surface area contributed by atoms with Crippen LogP contribution in [-0.2, 0) is 19.7 Å². The van der Waals surface area contributed by atoms with Crippen molar-refractivity contribution in [1.82, 2.24) is 5.32 Å². The van der Waals surface area contributed by atoms with E-state index in [0.717, 1.165) is 5.56 Å². The quantitative estimate of drug-likeness (QED) is 0.830. The van der Waals surface area contributed by atoms with Crippen LogP contribution in [0.2, 0.25) is 5.02 Å². The predicted molar refractivity (Wildman–Crippen MR) is 108 cm³/mol. The summed E-state index contributed by atoms with van der Waals surface area (Å²) in [7, 11) is 0. The van der Waals surface area contributed by atoms with Crippen molar-refractivity contribution in [2.24, 2.45) is 0 Å². The van der Waals surface area contributed by atoms with Crippen LogP contribution in [0.3, 0.4) is 0 Å². The van der Waals surface area contributed by atoms with Gasteiger partial charge in [0, 0.05) is 19.8 Å². The number of benzene rings is 2. The molecule has 2 fully saturated rings. The van der Waals surface area contributed by atoms with E-state index in [0.29, 0.717) is 49.7 Å². The van der Waals surface area contributed by atoms with E-state index >= 15 is 0 Å². The minimum Gasteiger partial charge on any atom is -0.381 e. The van der Waals surface area contributed by atoms with Gasteiger partial charge in [0.05, 0.1) is 16.1 Å².